The van der Waals surface area contributed by atoms with Gasteiger partial charge < -0.3 is 10.1 Å². The first-order chi connectivity index (χ1) is 9.60. The molecule has 112 valence electrons. The fraction of sp³-hybridized carbons (Fsp3) is 0.667. The van der Waals surface area contributed by atoms with Crippen LogP contribution in [-0.4, -0.2) is 12.6 Å². The standard InChI is InChI=1S/C18H29NO/c1-5-19-18(16-7-6-14(4)12-16)15-8-10-17(11-9-15)20-13(2)3/h8-11,13-14,16,18-19H,5-7,12H2,1-4H3. The van der Waals surface area contributed by atoms with Gasteiger partial charge in [-0.05, 0) is 62.8 Å². The van der Waals surface area contributed by atoms with Crippen LogP contribution < -0.4 is 10.1 Å². The number of benzene rings is 1. The van der Waals surface area contributed by atoms with Gasteiger partial charge in [0.2, 0.25) is 0 Å². The molecule has 1 aliphatic carbocycles. The van der Waals surface area contributed by atoms with E-state index in [9.17, 15) is 0 Å². The van der Waals surface area contributed by atoms with Gasteiger partial charge in [0.25, 0.3) is 0 Å². The molecule has 0 radical (unpaired) electrons. The van der Waals surface area contributed by atoms with Crippen molar-refractivity contribution in [3.8, 4) is 5.75 Å². The molecule has 0 amide bonds. The molecule has 0 saturated heterocycles. The average molecular weight is 275 g/mol. The van der Waals surface area contributed by atoms with Gasteiger partial charge in [-0.3, -0.25) is 0 Å². The SMILES string of the molecule is CCNC(c1ccc(OC(C)C)cc1)C1CCC(C)C1. The van der Waals surface area contributed by atoms with Crippen LogP contribution in [0, 0.1) is 11.8 Å². The van der Waals surface area contributed by atoms with E-state index in [0.29, 0.717) is 6.04 Å². The molecule has 3 unspecified atom stereocenters. The van der Waals surface area contributed by atoms with E-state index in [4.69, 9.17) is 4.74 Å². The Hall–Kier alpha value is -1.02. The zero-order valence-electron chi connectivity index (χ0n) is 13.4. The largest absolute Gasteiger partial charge is 0.491 e. The molecule has 0 aliphatic heterocycles. The molecule has 1 N–H and O–H groups in total. The van der Waals surface area contributed by atoms with Crippen LogP contribution in [0.3, 0.4) is 0 Å². The van der Waals surface area contributed by atoms with E-state index in [2.05, 4.69) is 57.3 Å². The lowest BCUT2D eigenvalue weighted by atomic mass is 9.91. The molecule has 1 aromatic rings. The van der Waals surface area contributed by atoms with Crippen LogP contribution in [0.4, 0.5) is 0 Å². The third kappa shape index (κ3) is 3.99. The van der Waals surface area contributed by atoms with Crippen molar-refractivity contribution in [2.24, 2.45) is 11.8 Å². The summed E-state index contributed by atoms with van der Waals surface area (Å²) in [5.74, 6) is 2.63. The molecule has 1 aliphatic rings. The zero-order valence-corrected chi connectivity index (χ0v) is 13.4. The van der Waals surface area contributed by atoms with E-state index in [1.54, 1.807) is 0 Å². The highest BCUT2D eigenvalue weighted by Crippen LogP contribution is 2.39. The predicted molar refractivity (Wildman–Crippen MR) is 85.1 cm³/mol. The van der Waals surface area contributed by atoms with Gasteiger partial charge in [0.05, 0.1) is 6.10 Å². The molecular weight excluding hydrogens is 246 g/mol. The van der Waals surface area contributed by atoms with Gasteiger partial charge in [0.15, 0.2) is 0 Å². The summed E-state index contributed by atoms with van der Waals surface area (Å²) in [5, 5.41) is 3.68. The van der Waals surface area contributed by atoms with Gasteiger partial charge in [-0.15, -0.1) is 0 Å². The second kappa shape index (κ2) is 7.12. The molecule has 2 heteroatoms. The van der Waals surface area contributed by atoms with E-state index in [-0.39, 0.29) is 6.10 Å². The van der Waals surface area contributed by atoms with E-state index in [1.807, 2.05) is 0 Å². The van der Waals surface area contributed by atoms with Crippen LogP contribution in [0.5, 0.6) is 5.75 Å². The molecule has 1 saturated carbocycles. The van der Waals surface area contributed by atoms with Crippen LogP contribution in [0.15, 0.2) is 24.3 Å². The minimum atomic E-state index is 0.237. The molecule has 1 aromatic carbocycles. The van der Waals surface area contributed by atoms with Crippen molar-refractivity contribution < 1.29 is 4.74 Å². The highest BCUT2D eigenvalue weighted by atomic mass is 16.5. The number of nitrogens with one attached hydrogen (secondary N) is 1. The third-order valence-electron chi connectivity index (χ3n) is 4.24. The summed E-state index contributed by atoms with van der Waals surface area (Å²) < 4.78 is 5.73. The number of ether oxygens (including phenoxy) is 1. The Labute approximate surface area is 123 Å². The maximum Gasteiger partial charge on any atom is 0.119 e. The lowest BCUT2D eigenvalue weighted by Gasteiger charge is -2.25. The van der Waals surface area contributed by atoms with Crippen molar-refractivity contribution in [3.05, 3.63) is 29.8 Å². The fourth-order valence-electron chi connectivity index (χ4n) is 3.36. The lowest BCUT2D eigenvalue weighted by molar-refractivity contribution is 0.242. The molecule has 0 aromatic heterocycles. The molecule has 20 heavy (non-hydrogen) atoms. The van der Waals surface area contributed by atoms with E-state index in [0.717, 1.165) is 24.1 Å². The van der Waals surface area contributed by atoms with E-state index >= 15 is 0 Å². The van der Waals surface area contributed by atoms with Crippen LogP contribution in [0.2, 0.25) is 0 Å². The Kier molecular flexibility index (Phi) is 5.47. The molecule has 3 atom stereocenters. The number of hydrogen-bond acceptors (Lipinski definition) is 2. The Balaban J connectivity index is 2.08. The smallest absolute Gasteiger partial charge is 0.119 e. The van der Waals surface area contributed by atoms with Crippen molar-refractivity contribution >= 4 is 0 Å². The number of rotatable bonds is 6. The minimum Gasteiger partial charge on any atom is -0.491 e. The first kappa shape index (κ1) is 15.4. The van der Waals surface area contributed by atoms with E-state index in [1.165, 1.54) is 24.8 Å². The molecule has 2 rings (SSSR count). The second-order valence-corrected chi connectivity index (χ2v) is 6.45. The van der Waals surface area contributed by atoms with Crippen LogP contribution in [0.1, 0.15) is 58.6 Å². The monoisotopic (exact) mass is 275 g/mol. The van der Waals surface area contributed by atoms with Gasteiger partial charge in [-0.1, -0.05) is 32.4 Å². The minimum absolute atomic E-state index is 0.237. The van der Waals surface area contributed by atoms with Crippen molar-refractivity contribution in [2.75, 3.05) is 6.54 Å². The normalized spacial score (nSPS) is 24.1. The van der Waals surface area contributed by atoms with Crippen molar-refractivity contribution in [1.82, 2.24) is 5.32 Å². The summed E-state index contributed by atoms with van der Waals surface area (Å²) in [5.41, 5.74) is 1.40. The Morgan fingerprint density at radius 1 is 1.20 bits per heavy atom. The highest BCUT2D eigenvalue weighted by Gasteiger charge is 2.29. The van der Waals surface area contributed by atoms with Gasteiger partial charge in [0.1, 0.15) is 5.75 Å². The lowest BCUT2D eigenvalue weighted by Crippen LogP contribution is -2.27. The quantitative estimate of drug-likeness (QED) is 0.821. The van der Waals surface area contributed by atoms with Crippen molar-refractivity contribution in [2.45, 2.75) is 59.1 Å². The van der Waals surface area contributed by atoms with Gasteiger partial charge in [0, 0.05) is 6.04 Å². The summed E-state index contributed by atoms with van der Waals surface area (Å²) in [6.45, 7) is 9.73. The Morgan fingerprint density at radius 3 is 2.40 bits per heavy atom. The van der Waals surface area contributed by atoms with Crippen LogP contribution >= 0.6 is 0 Å². The predicted octanol–water partition coefficient (Wildman–Crippen LogP) is 4.56. The fourth-order valence-corrected chi connectivity index (χ4v) is 3.36. The van der Waals surface area contributed by atoms with Crippen LogP contribution in [0.25, 0.3) is 0 Å². The maximum atomic E-state index is 5.73. The first-order valence-electron chi connectivity index (χ1n) is 8.10. The topological polar surface area (TPSA) is 21.3 Å². The zero-order chi connectivity index (χ0) is 14.5. The molecule has 1 fully saturated rings. The van der Waals surface area contributed by atoms with Crippen molar-refractivity contribution in [3.63, 3.8) is 0 Å². The number of hydrogen-bond donors (Lipinski definition) is 1. The Bertz CT molecular complexity index is 398. The van der Waals surface area contributed by atoms with E-state index < -0.39 is 0 Å². The molecule has 0 bridgehead atoms. The molecular formula is C18H29NO. The summed E-state index contributed by atoms with van der Waals surface area (Å²) in [6, 6.07) is 9.18. The third-order valence-corrected chi connectivity index (χ3v) is 4.24. The second-order valence-electron chi connectivity index (χ2n) is 6.45. The molecule has 0 heterocycles. The van der Waals surface area contributed by atoms with Gasteiger partial charge in [-0.25, -0.2) is 0 Å². The summed E-state index contributed by atoms with van der Waals surface area (Å²) >= 11 is 0. The van der Waals surface area contributed by atoms with Crippen LogP contribution in [-0.2, 0) is 0 Å². The summed E-state index contributed by atoms with van der Waals surface area (Å²) in [4.78, 5) is 0. The summed E-state index contributed by atoms with van der Waals surface area (Å²) in [6.07, 6.45) is 4.31. The molecule has 2 nitrogen and oxygen atoms in total. The molecule has 0 spiro atoms. The summed E-state index contributed by atoms with van der Waals surface area (Å²) in [7, 11) is 0. The average Bonchev–Trinajstić information content (AvgIpc) is 2.83. The highest BCUT2D eigenvalue weighted by molar-refractivity contribution is 5.30. The Morgan fingerprint density at radius 2 is 1.90 bits per heavy atom. The van der Waals surface area contributed by atoms with Gasteiger partial charge in [-0.2, -0.15) is 0 Å². The van der Waals surface area contributed by atoms with Gasteiger partial charge >= 0.3 is 0 Å². The maximum absolute atomic E-state index is 5.73. The van der Waals surface area contributed by atoms with Crippen molar-refractivity contribution in [1.29, 1.82) is 0 Å². The first-order valence-corrected chi connectivity index (χ1v) is 8.10.